The van der Waals surface area contributed by atoms with Gasteiger partial charge in [-0.25, -0.2) is 4.79 Å². The maximum absolute atomic E-state index is 11.4. The third kappa shape index (κ3) is 2.70. The molecule has 94 valence electrons. The Kier molecular flexibility index (Phi) is 3.66. The smallest absolute Gasteiger partial charge is 0.360 e. The number of aromatic nitrogens is 2. The number of nitrogen functional groups attached to an aromatic ring is 1. The highest BCUT2D eigenvalue weighted by Gasteiger charge is 2.14. The van der Waals surface area contributed by atoms with Crippen molar-refractivity contribution in [2.24, 2.45) is 0 Å². The van der Waals surface area contributed by atoms with Gasteiger partial charge in [0.2, 0.25) is 0 Å². The van der Waals surface area contributed by atoms with E-state index in [0.29, 0.717) is 12.2 Å². The highest BCUT2D eigenvalue weighted by Crippen LogP contribution is 2.14. The summed E-state index contributed by atoms with van der Waals surface area (Å²) in [5.41, 5.74) is 7.24. The van der Waals surface area contributed by atoms with Crippen LogP contribution in [0.2, 0.25) is 0 Å². The fourth-order valence-corrected chi connectivity index (χ4v) is 1.81. The fraction of sp³-hybridized carbons (Fsp3) is 0.167. The third-order valence-electron chi connectivity index (χ3n) is 2.43. The SMILES string of the molecule is COC(=O)c1nn(Cc2ccc(Br)cc2)cc1N. The molecule has 0 bridgehead atoms. The van der Waals surface area contributed by atoms with E-state index < -0.39 is 5.97 Å². The molecule has 0 spiro atoms. The van der Waals surface area contributed by atoms with E-state index in [9.17, 15) is 4.79 Å². The molecule has 1 aromatic carbocycles. The van der Waals surface area contributed by atoms with E-state index in [-0.39, 0.29) is 5.69 Å². The molecule has 2 N–H and O–H groups in total. The fourth-order valence-electron chi connectivity index (χ4n) is 1.55. The molecular formula is C12H12BrN3O2. The van der Waals surface area contributed by atoms with Gasteiger partial charge in [0.15, 0.2) is 5.69 Å². The summed E-state index contributed by atoms with van der Waals surface area (Å²) < 4.78 is 7.23. The lowest BCUT2D eigenvalue weighted by atomic mass is 10.2. The zero-order valence-electron chi connectivity index (χ0n) is 9.76. The first kappa shape index (κ1) is 12.6. The molecule has 1 aromatic heterocycles. The summed E-state index contributed by atoms with van der Waals surface area (Å²) in [6.45, 7) is 0.550. The Morgan fingerprint density at radius 3 is 2.72 bits per heavy atom. The van der Waals surface area contributed by atoms with Crippen LogP contribution in [0.25, 0.3) is 0 Å². The van der Waals surface area contributed by atoms with Crippen molar-refractivity contribution in [3.05, 3.63) is 46.2 Å². The van der Waals surface area contributed by atoms with Gasteiger partial charge in [0.05, 0.1) is 19.3 Å². The number of rotatable bonds is 3. The second-order valence-corrected chi connectivity index (χ2v) is 4.66. The van der Waals surface area contributed by atoms with Crippen LogP contribution in [0.3, 0.4) is 0 Å². The first-order valence-corrected chi connectivity index (χ1v) is 6.05. The average molecular weight is 310 g/mol. The van der Waals surface area contributed by atoms with E-state index in [4.69, 9.17) is 5.73 Å². The number of methoxy groups -OCH3 is 1. The average Bonchev–Trinajstić information content (AvgIpc) is 2.72. The number of carbonyl (C=O) groups excluding carboxylic acids is 1. The molecule has 0 radical (unpaired) electrons. The van der Waals surface area contributed by atoms with Crippen LogP contribution in [0, 0.1) is 0 Å². The largest absolute Gasteiger partial charge is 0.464 e. The predicted molar refractivity (Wildman–Crippen MR) is 71.2 cm³/mol. The quantitative estimate of drug-likeness (QED) is 0.881. The molecule has 2 aromatic rings. The monoisotopic (exact) mass is 309 g/mol. The molecule has 1 heterocycles. The van der Waals surface area contributed by atoms with Crippen molar-refractivity contribution >= 4 is 27.6 Å². The highest BCUT2D eigenvalue weighted by atomic mass is 79.9. The molecule has 0 amide bonds. The number of esters is 1. The molecule has 0 unspecified atom stereocenters. The molecule has 0 atom stereocenters. The number of ether oxygens (including phenoxy) is 1. The lowest BCUT2D eigenvalue weighted by Gasteiger charge is -2.01. The van der Waals surface area contributed by atoms with Crippen molar-refractivity contribution in [1.82, 2.24) is 9.78 Å². The molecule has 0 fully saturated rings. The highest BCUT2D eigenvalue weighted by molar-refractivity contribution is 9.10. The summed E-state index contributed by atoms with van der Waals surface area (Å²) in [6.07, 6.45) is 1.62. The lowest BCUT2D eigenvalue weighted by molar-refractivity contribution is 0.0594. The van der Waals surface area contributed by atoms with Crippen molar-refractivity contribution in [3.8, 4) is 0 Å². The summed E-state index contributed by atoms with van der Waals surface area (Å²) in [7, 11) is 1.30. The molecule has 6 heteroatoms. The first-order chi connectivity index (χ1) is 8.60. The molecular weight excluding hydrogens is 298 g/mol. The van der Waals surface area contributed by atoms with Gasteiger partial charge in [0.25, 0.3) is 0 Å². The summed E-state index contributed by atoms with van der Waals surface area (Å²) in [4.78, 5) is 11.4. The van der Waals surface area contributed by atoms with Crippen LogP contribution < -0.4 is 5.73 Å². The van der Waals surface area contributed by atoms with Gasteiger partial charge in [-0.2, -0.15) is 5.10 Å². The van der Waals surface area contributed by atoms with Crippen molar-refractivity contribution in [1.29, 1.82) is 0 Å². The van der Waals surface area contributed by atoms with Crippen LogP contribution in [0.15, 0.2) is 34.9 Å². The first-order valence-electron chi connectivity index (χ1n) is 5.26. The van der Waals surface area contributed by atoms with E-state index in [1.807, 2.05) is 24.3 Å². The number of anilines is 1. The zero-order valence-corrected chi connectivity index (χ0v) is 11.3. The van der Waals surface area contributed by atoms with Crippen molar-refractivity contribution in [2.45, 2.75) is 6.54 Å². The van der Waals surface area contributed by atoms with E-state index in [1.54, 1.807) is 10.9 Å². The van der Waals surface area contributed by atoms with E-state index >= 15 is 0 Å². The Balaban J connectivity index is 2.20. The van der Waals surface area contributed by atoms with Gasteiger partial charge in [-0.1, -0.05) is 28.1 Å². The van der Waals surface area contributed by atoms with Crippen LogP contribution in [0.1, 0.15) is 16.1 Å². The number of halogens is 1. The van der Waals surface area contributed by atoms with Crippen LogP contribution in [0.4, 0.5) is 5.69 Å². The van der Waals surface area contributed by atoms with Gasteiger partial charge in [0.1, 0.15) is 0 Å². The molecule has 0 saturated heterocycles. The van der Waals surface area contributed by atoms with Gasteiger partial charge in [-0.3, -0.25) is 4.68 Å². The number of hydrogen-bond donors (Lipinski definition) is 1. The number of hydrogen-bond acceptors (Lipinski definition) is 4. The van der Waals surface area contributed by atoms with Crippen LogP contribution >= 0.6 is 15.9 Å². The Bertz CT molecular complexity index is 563. The molecule has 2 rings (SSSR count). The number of carbonyl (C=O) groups is 1. The summed E-state index contributed by atoms with van der Waals surface area (Å²) in [5, 5.41) is 4.10. The number of benzene rings is 1. The number of nitrogens with two attached hydrogens (primary N) is 1. The summed E-state index contributed by atoms with van der Waals surface area (Å²) in [5.74, 6) is -0.526. The summed E-state index contributed by atoms with van der Waals surface area (Å²) in [6, 6.07) is 7.84. The van der Waals surface area contributed by atoms with Crippen LogP contribution in [-0.4, -0.2) is 22.9 Å². The van der Waals surface area contributed by atoms with Crippen molar-refractivity contribution in [2.75, 3.05) is 12.8 Å². The molecule has 0 aliphatic rings. The molecule has 0 aliphatic heterocycles. The maximum Gasteiger partial charge on any atom is 0.360 e. The van der Waals surface area contributed by atoms with Gasteiger partial charge in [-0.15, -0.1) is 0 Å². The Morgan fingerprint density at radius 2 is 2.11 bits per heavy atom. The number of nitrogens with zero attached hydrogens (tertiary/aromatic N) is 2. The molecule has 5 nitrogen and oxygen atoms in total. The van der Waals surface area contributed by atoms with Crippen molar-refractivity contribution < 1.29 is 9.53 Å². The second kappa shape index (κ2) is 5.22. The Hall–Kier alpha value is -1.82. The third-order valence-corrected chi connectivity index (χ3v) is 2.96. The standard InChI is InChI=1S/C12H12BrN3O2/c1-18-12(17)11-10(14)7-16(15-11)6-8-2-4-9(13)5-3-8/h2-5,7H,6,14H2,1H3. The van der Waals surface area contributed by atoms with Gasteiger partial charge < -0.3 is 10.5 Å². The Morgan fingerprint density at radius 1 is 1.44 bits per heavy atom. The van der Waals surface area contributed by atoms with E-state index in [2.05, 4.69) is 25.8 Å². The lowest BCUT2D eigenvalue weighted by Crippen LogP contribution is -2.07. The second-order valence-electron chi connectivity index (χ2n) is 3.75. The normalized spacial score (nSPS) is 10.3. The minimum Gasteiger partial charge on any atom is -0.464 e. The summed E-state index contributed by atoms with van der Waals surface area (Å²) >= 11 is 3.37. The van der Waals surface area contributed by atoms with Gasteiger partial charge >= 0.3 is 5.97 Å². The van der Waals surface area contributed by atoms with Gasteiger partial charge in [0, 0.05) is 10.7 Å². The Labute approximate surface area is 113 Å². The maximum atomic E-state index is 11.4. The van der Waals surface area contributed by atoms with Crippen molar-refractivity contribution in [3.63, 3.8) is 0 Å². The topological polar surface area (TPSA) is 70.1 Å². The predicted octanol–water partition coefficient (Wildman–Crippen LogP) is 2.06. The molecule has 18 heavy (non-hydrogen) atoms. The van der Waals surface area contributed by atoms with E-state index in [0.717, 1.165) is 10.0 Å². The van der Waals surface area contributed by atoms with E-state index in [1.165, 1.54) is 7.11 Å². The minimum atomic E-state index is -0.526. The molecule has 0 saturated carbocycles. The molecule has 0 aliphatic carbocycles. The zero-order chi connectivity index (χ0) is 13.1. The minimum absolute atomic E-state index is 0.148. The van der Waals surface area contributed by atoms with Crippen LogP contribution in [-0.2, 0) is 11.3 Å². The van der Waals surface area contributed by atoms with Crippen LogP contribution in [0.5, 0.6) is 0 Å². The van der Waals surface area contributed by atoms with Gasteiger partial charge in [-0.05, 0) is 17.7 Å².